The standard InChI is InChI=1S/C15H20N6O/c22-9-8-21-7-1-2-12(11-21)14-15(19-6-5-18-14)20-13-10-16-3-4-17-13/h3-6,10,12,22H,1-2,7-9,11H2,(H,17,19,20)/t12-/m1/s1. The van der Waals surface area contributed by atoms with E-state index < -0.39 is 0 Å². The van der Waals surface area contributed by atoms with E-state index in [1.165, 1.54) is 0 Å². The van der Waals surface area contributed by atoms with Gasteiger partial charge in [-0.05, 0) is 19.4 Å². The van der Waals surface area contributed by atoms with Crippen LogP contribution >= 0.6 is 0 Å². The van der Waals surface area contributed by atoms with Gasteiger partial charge >= 0.3 is 0 Å². The Labute approximate surface area is 129 Å². The molecule has 2 aromatic rings. The van der Waals surface area contributed by atoms with Crippen LogP contribution in [0.1, 0.15) is 24.5 Å². The van der Waals surface area contributed by atoms with Crippen LogP contribution in [0.5, 0.6) is 0 Å². The smallest absolute Gasteiger partial charge is 0.153 e. The summed E-state index contributed by atoms with van der Waals surface area (Å²) in [5.74, 6) is 1.71. The van der Waals surface area contributed by atoms with Crippen molar-refractivity contribution in [3.8, 4) is 0 Å². The minimum Gasteiger partial charge on any atom is -0.395 e. The lowest BCUT2D eigenvalue weighted by molar-refractivity contribution is 0.160. The van der Waals surface area contributed by atoms with Gasteiger partial charge in [0.2, 0.25) is 0 Å². The van der Waals surface area contributed by atoms with Crippen molar-refractivity contribution in [2.75, 3.05) is 31.6 Å². The van der Waals surface area contributed by atoms with Crippen molar-refractivity contribution in [1.82, 2.24) is 24.8 Å². The van der Waals surface area contributed by atoms with Gasteiger partial charge in [-0.1, -0.05) is 0 Å². The molecular weight excluding hydrogens is 280 g/mol. The monoisotopic (exact) mass is 300 g/mol. The summed E-state index contributed by atoms with van der Waals surface area (Å²) in [6, 6.07) is 0. The Morgan fingerprint density at radius 1 is 1.18 bits per heavy atom. The van der Waals surface area contributed by atoms with Crippen molar-refractivity contribution in [3.05, 3.63) is 36.7 Å². The number of rotatable bonds is 5. The molecule has 0 aliphatic carbocycles. The zero-order valence-corrected chi connectivity index (χ0v) is 12.4. The molecule has 0 bridgehead atoms. The van der Waals surface area contributed by atoms with Crippen LogP contribution < -0.4 is 5.32 Å². The predicted molar refractivity (Wildman–Crippen MR) is 82.8 cm³/mol. The first-order valence-electron chi connectivity index (χ1n) is 7.54. The average molecular weight is 300 g/mol. The highest BCUT2D eigenvalue weighted by Gasteiger charge is 2.24. The summed E-state index contributed by atoms with van der Waals surface area (Å²) in [6.45, 7) is 2.83. The van der Waals surface area contributed by atoms with Gasteiger partial charge < -0.3 is 15.3 Å². The molecule has 0 amide bonds. The van der Waals surface area contributed by atoms with Crippen LogP contribution in [0.4, 0.5) is 11.6 Å². The van der Waals surface area contributed by atoms with Crippen molar-refractivity contribution in [2.45, 2.75) is 18.8 Å². The third kappa shape index (κ3) is 3.55. The normalized spacial score (nSPS) is 19.0. The molecule has 1 saturated heterocycles. The van der Waals surface area contributed by atoms with E-state index in [1.807, 2.05) is 0 Å². The molecular formula is C15H20N6O. The SMILES string of the molecule is OCCN1CCC[C@@H](c2nccnc2Nc2cnccn2)C1. The largest absolute Gasteiger partial charge is 0.395 e. The molecule has 0 unspecified atom stereocenters. The van der Waals surface area contributed by atoms with Gasteiger partial charge in [0.15, 0.2) is 5.82 Å². The van der Waals surface area contributed by atoms with E-state index in [1.54, 1.807) is 31.0 Å². The molecule has 1 aliphatic heterocycles. The second-order valence-corrected chi connectivity index (χ2v) is 5.37. The first kappa shape index (κ1) is 14.8. The van der Waals surface area contributed by atoms with Gasteiger partial charge in [0.05, 0.1) is 18.5 Å². The van der Waals surface area contributed by atoms with E-state index in [-0.39, 0.29) is 6.61 Å². The summed E-state index contributed by atoms with van der Waals surface area (Å²) in [7, 11) is 0. The Kier molecular flexibility index (Phi) is 4.87. The summed E-state index contributed by atoms with van der Waals surface area (Å²) in [5, 5.41) is 12.3. The molecule has 3 heterocycles. The number of aromatic nitrogens is 4. The first-order chi connectivity index (χ1) is 10.9. The Bertz CT molecular complexity index is 592. The lowest BCUT2D eigenvalue weighted by Crippen LogP contribution is -2.36. The number of piperidine rings is 1. The highest BCUT2D eigenvalue weighted by atomic mass is 16.3. The minimum absolute atomic E-state index is 0.192. The second kappa shape index (κ2) is 7.24. The van der Waals surface area contributed by atoms with E-state index in [2.05, 4.69) is 30.2 Å². The minimum atomic E-state index is 0.192. The molecule has 7 nitrogen and oxygen atoms in total. The molecule has 3 rings (SSSR count). The van der Waals surface area contributed by atoms with Crippen LogP contribution in [0, 0.1) is 0 Å². The fourth-order valence-corrected chi connectivity index (χ4v) is 2.85. The van der Waals surface area contributed by atoms with Crippen LogP contribution in [0.15, 0.2) is 31.0 Å². The molecule has 22 heavy (non-hydrogen) atoms. The van der Waals surface area contributed by atoms with E-state index in [0.29, 0.717) is 18.3 Å². The van der Waals surface area contributed by atoms with Crippen LogP contribution in [0.25, 0.3) is 0 Å². The molecule has 0 spiro atoms. The van der Waals surface area contributed by atoms with Crippen molar-refractivity contribution >= 4 is 11.6 Å². The Morgan fingerprint density at radius 3 is 2.86 bits per heavy atom. The Balaban J connectivity index is 1.78. The van der Waals surface area contributed by atoms with Gasteiger partial charge in [0, 0.05) is 43.8 Å². The van der Waals surface area contributed by atoms with Crippen molar-refractivity contribution in [3.63, 3.8) is 0 Å². The lowest BCUT2D eigenvalue weighted by atomic mass is 9.94. The van der Waals surface area contributed by atoms with Crippen LogP contribution in [-0.2, 0) is 0 Å². The van der Waals surface area contributed by atoms with Crippen molar-refractivity contribution < 1.29 is 5.11 Å². The first-order valence-corrected chi connectivity index (χ1v) is 7.54. The van der Waals surface area contributed by atoms with Crippen LogP contribution in [-0.4, -0.2) is 56.2 Å². The Hall–Kier alpha value is -2.12. The molecule has 0 saturated carbocycles. The zero-order valence-electron chi connectivity index (χ0n) is 12.4. The maximum atomic E-state index is 9.13. The highest BCUT2D eigenvalue weighted by Crippen LogP contribution is 2.29. The van der Waals surface area contributed by atoms with Gasteiger partial charge in [-0.3, -0.25) is 9.97 Å². The molecule has 2 aromatic heterocycles. The quantitative estimate of drug-likeness (QED) is 0.857. The van der Waals surface area contributed by atoms with Gasteiger partial charge in [-0.25, -0.2) is 9.97 Å². The van der Waals surface area contributed by atoms with Gasteiger partial charge in [0.1, 0.15) is 5.82 Å². The number of aliphatic hydroxyl groups excluding tert-OH is 1. The topological polar surface area (TPSA) is 87.1 Å². The summed E-state index contributed by atoms with van der Waals surface area (Å²) >= 11 is 0. The third-order valence-corrected chi connectivity index (χ3v) is 3.84. The summed E-state index contributed by atoms with van der Waals surface area (Å²) in [4.78, 5) is 19.5. The Morgan fingerprint density at radius 2 is 2.05 bits per heavy atom. The maximum Gasteiger partial charge on any atom is 0.153 e. The van der Waals surface area contributed by atoms with Crippen molar-refractivity contribution in [2.24, 2.45) is 0 Å². The number of nitrogens with one attached hydrogen (secondary N) is 1. The molecule has 0 aromatic carbocycles. The molecule has 2 N–H and O–H groups in total. The molecule has 1 fully saturated rings. The number of hydrogen-bond donors (Lipinski definition) is 2. The summed E-state index contributed by atoms with van der Waals surface area (Å²) in [5.41, 5.74) is 0.954. The van der Waals surface area contributed by atoms with E-state index in [0.717, 1.165) is 37.4 Å². The number of hydrogen-bond acceptors (Lipinski definition) is 7. The lowest BCUT2D eigenvalue weighted by Gasteiger charge is -2.32. The maximum absolute atomic E-state index is 9.13. The number of likely N-dealkylation sites (tertiary alicyclic amines) is 1. The summed E-state index contributed by atoms with van der Waals surface area (Å²) < 4.78 is 0. The average Bonchev–Trinajstić information content (AvgIpc) is 2.57. The number of β-amino-alcohol motifs (C(OH)–C–C–N with tert-alkyl or cyclic N) is 1. The van der Waals surface area contributed by atoms with Gasteiger partial charge in [-0.2, -0.15) is 0 Å². The summed E-state index contributed by atoms with van der Waals surface area (Å²) in [6.07, 6.45) is 10.5. The second-order valence-electron chi connectivity index (χ2n) is 5.37. The fourth-order valence-electron chi connectivity index (χ4n) is 2.85. The molecule has 1 aliphatic rings. The van der Waals surface area contributed by atoms with Crippen LogP contribution in [0.2, 0.25) is 0 Å². The number of aliphatic hydroxyl groups is 1. The highest BCUT2D eigenvalue weighted by molar-refractivity contribution is 5.53. The third-order valence-electron chi connectivity index (χ3n) is 3.84. The van der Waals surface area contributed by atoms with E-state index in [9.17, 15) is 0 Å². The molecule has 1 atom stereocenters. The number of anilines is 2. The zero-order chi connectivity index (χ0) is 15.2. The van der Waals surface area contributed by atoms with Gasteiger partial charge in [-0.15, -0.1) is 0 Å². The molecule has 0 radical (unpaired) electrons. The predicted octanol–water partition coefficient (Wildman–Crippen LogP) is 1.18. The van der Waals surface area contributed by atoms with E-state index in [4.69, 9.17) is 5.11 Å². The van der Waals surface area contributed by atoms with Crippen molar-refractivity contribution in [1.29, 1.82) is 0 Å². The fraction of sp³-hybridized carbons (Fsp3) is 0.467. The van der Waals surface area contributed by atoms with E-state index >= 15 is 0 Å². The molecule has 116 valence electrons. The van der Waals surface area contributed by atoms with Crippen LogP contribution in [0.3, 0.4) is 0 Å². The number of nitrogens with zero attached hydrogens (tertiary/aromatic N) is 5. The molecule has 7 heteroatoms. The van der Waals surface area contributed by atoms with Gasteiger partial charge in [0.25, 0.3) is 0 Å².